The molecule has 21 heavy (non-hydrogen) atoms. The third-order valence-corrected chi connectivity index (χ3v) is 4.66. The van der Waals surface area contributed by atoms with Crippen LogP contribution < -0.4 is 10.6 Å². The van der Waals surface area contributed by atoms with Crippen LogP contribution in [0.5, 0.6) is 0 Å². The molecular formula is C14H20N4O2S. The summed E-state index contributed by atoms with van der Waals surface area (Å²) in [5.41, 5.74) is 0. The van der Waals surface area contributed by atoms with Gasteiger partial charge in [-0.05, 0) is 32.6 Å². The highest BCUT2D eigenvalue weighted by Crippen LogP contribution is 2.23. The number of carbonyl (C=O) groups excluding carboxylic acids is 2. The van der Waals surface area contributed by atoms with Crippen molar-refractivity contribution in [2.75, 3.05) is 18.4 Å². The Kier molecular flexibility index (Phi) is 4.10. The third kappa shape index (κ3) is 3.72. The molecule has 0 aromatic carbocycles. The van der Waals surface area contributed by atoms with Crippen LogP contribution in [0.1, 0.15) is 30.6 Å². The number of nitrogens with one attached hydrogen (secondary N) is 2. The minimum atomic E-state index is -0.145. The molecule has 7 heteroatoms. The Morgan fingerprint density at radius 3 is 2.86 bits per heavy atom. The molecule has 1 aliphatic carbocycles. The Morgan fingerprint density at radius 2 is 2.19 bits per heavy atom. The van der Waals surface area contributed by atoms with E-state index in [-0.39, 0.29) is 17.9 Å². The molecule has 2 N–H and O–H groups in total. The molecule has 6 nitrogen and oxygen atoms in total. The van der Waals surface area contributed by atoms with Crippen LogP contribution >= 0.6 is 11.3 Å². The zero-order valence-corrected chi connectivity index (χ0v) is 12.9. The van der Waals surface area contributed by atoms with Crippen molar-refractivity contribution in [3.63, 3.8) is 0 Å². The number of likely N-dealkylation sites (tertiary alicyclic amines) is 1. The van der Waals surface area contributed by atoms with E-state index in [0.29, 0.717) is 17.7 Å². The lowest BCUT2D eigenvalue weighted by Crippen LogP contribution is -2.48. The molecule has 3 rings (SSSR count). The number of aryl methyl sites for hydroxylation is 1. The Balaban J connectivity index is 1.54. The fourth-order valence-corrected chi connectivity index (χ4v) is 3.16. The molecule has 0 radical (unpaired) electrons. The first-order valence-electron chi connectivity index (χ1n) is 7.40. The lowest BCUT2D eigenvalue weighted by atomic mass is 9.97. The van der Waals surface area contributed by atoms with E-state index < -0.39 is 0 Å². The SMILES string of the molecule is Cc1cnc(NC(=O)C2CCCN(C(=O)NC3CC3)C2)s1. The van der Waals surface area contributed by atoms with Gasteiger partial charge in [-0.3, -0.25) is 4.79 Å². The minimum Gasteiger partial charge on any atom is -0.335 e. The first-order valence-corrected chi connectivity index (χ1v) is 8.22. The van der Waals surface area contributed by atoms with Gasteiger partial charge in [0, 0.05) is 30.2 Å². The summed E-state index contributed by atoms with van der Waals surface area (Å²) in [6.45, 7) is 3.19. The number of hydrogen-bond donors (Lipinski definition) is 2. The van der Waals surface area contributed by atoms with Crippen LogP contribution in [0.3, 0.4) is 0 Å². The average molecular weight is 308 g/mol. The van der Waals surface area contributed by atoms with Crippen molar-refractivity contribution in [1.82, 2.24) is 15.2 Å². The largest absolute Gasteiger partial charge is 0.335 e. The van der Waals surface area contributed by atoms with Crippen molar-refractivity contribution in [2.24, 2.45) is 5.92 Å². The number of rotatable bonds is 3. The number of thiazole rings is 1. The first kappa shape index (κ1) is 14.3. The highest BCUT2D eigenvalue weighted by molar-refractivity contribution is 7.15. The molecule has 1 saturated carbocycles. The molecule has 1 aromatic heterocycles. The molecular weight excluding hydrogens is 288 g/mol. The summed E-state index contributed by atoms with van der Waals surface area (Å²) in [5, 5.41) is 6.47. The second-order valence-electron chi connectivity index (χ2n) is 5.77. The summed E-state index contributed by atoms with van der Waals surface area (Å²) in [4.78, 5) is 31.3. The number of aromatic nitrogens is 1. The molecule has 2 fully saturated rings. The predicted octanol–water partition coefficient (Wildman–Crippen LogP) is 1.97. The second kappa shape index (κ2) is 6.01. The van der Waals surface area contributed by atoms with Gasteiger partial charge in [0.25, 0.3) is 0 Å². The van der Waals surface area contributed by atoms with E-state index in [4.69, 9.17) is 0 Å². The van der Waals surface area contributed by atoms with Crippen molar-refractivity contribution in [3.05, 3.63) is 11.1 Å². The van der Waals surface area contributed by atoms with Crippen molar-refractivity contribution in [2.45, 2.75) is 38.6 Å². The van der Waals surface area contributed by atoms with Gasteiger partial charge in [-0.25, -0.2) is 9.78 Å². The summed E-state index contributed by atoms with van der Waals surface area (Å²) in [5.74, 6) is -0.179. The van der Waals surface area contributed by atoms with Crippen LogP contribution in [0.4, 0.5) is 9.93 Å². The van der Waals surface area contributed by atoms with Gasteiger partial charge in [0.2, 0.25) is 5.91 Å². The highest BCUT2D eigenvalue weighted by atomic mass is 32.1. The van der Waals surface area contributed by atoms with E-state index >= 15 is 0 Å². The Morgan fingerprint density at radius 1 is 1.38 bits per heavy atom. The smallest absolute Gasteiger partial charge is 0.317 e. The Bertz CT molecular complexity index is 541. The molecule has 1 aromatic rings. The van der Waals surface area contributed by atoms with E-state index in [1.807, 2.05) is 6.92 Å². The maximum absolute atomic E-state index is 12.3. The molecule has 1 unspecified atom stereocenters. The van der Waals surface area contributed by atoms with Crippen LogP contribution in [0.25, 0.3) is 0 Å². The standard InChI is InChI=1S/C14H20N4O2S/c1-9-7-15-13(21-9)17-12(19)10-3-2-6-18(8-10)14(20)16-11-4-5-11/h7,10-11H,2-6,8H2,1H3,(H,16,20)(H,15,17,19). The van der Waals surface area contributed by atoms with Gasteiger partial charge in [0.1, 0.15) is 0 Å². The van der Waals surface area contributed by atoms with Gasteiger partial charge in [-0.15, -0.1) is 11.3 Å². The molecule has 1 saturated heterocycles. The molecule has 2 aliphatic rings. The number of carbonyl (C=O) groups is 2. The summed E-state index contributed by atoms with van der Waals surface area (Å²) < 4.78 is 0. The summed E-state index contributed by atoms with van der Waals surface area (Å²) >= 11 is 1.47. The van der Waals surface area contributed by atoms with Gasteiger partial charge >= 0.3 is 6.03 Å². The zero-order chi connectivity index (χ0) is 14.8. The number of piperidine rings is 1. The van der Waals surface area contributed by atoms with Crippen LogP contribution in [0.15, 0.2) is 6.20 Å². The quantitative estimate of drug-likeness (QED) is 0.896. The topological polar surface area (TPSA) is 74.3 Å². The van der Waals surface area contributed by atoms with E-state index in [0.717, 1.165) is 37.1 Å². The number of urea groups is 1. The van der Waals surface area contributed by atoms with Gasteiger partial charge < -0.3 is 15.5 Å². The van der Waals surface area contributed by atoms with E-state index in [1.165, 1.54) is 11.3 Å². The van der Waals surface area contributed by atoms with Crippen molar-refractivity contribution >= 4 is 28.4 Å². The monoisotopic (exact) mass is 308 g/mol. The fraction of sp³-hybridized carbons (Fsp3) is 0.643. The van der Waals surface area contributed by atoms with E-state index in [1.54, 1.807) is 11.1 Å². The molecule has 1 atom stereocenters. The number of nitrogens with zero attached hydrogens (tertiary/aromatic N) is 2. The van der Waals surface area contributed by atoms with Gasteiger partial charge in [-0.2, -0.15) is 0 Å². The Hall–Kier alpha value is -1.63. The average Bonchev–Trinajstić information content (AvgIpc) is 3.20. The zero-order valence-electron chi connectivity index (χ0n) is 12.1. The van der Waals surface area contributed by atoms with Gasteiger partial charge in [-0.1, -0.05) is 0 Å². The first-order chi connectivity index (χ1) is 10.1. The van der Waals surface area contributed by atoms with Crippen LogP contribution in [0.2, 0.25) is 0 Å². The number of anilines is 1. The third-order valence-electron chi connectivity index (χ3n) is 3.84. The molecule has 1 aliphatic heterocycles. The highest BCUT2D eigenvalue weighted by Gasteiger charge is 2.31. The van der Waals surface area contributed by atoms with Gasteiger partial charge in [0.15, 0.2) is 5.13 Å². The normalized spacial score (nSPS) is 22.0. The van der Waals surface area contributed by atoms with Crippen molar-refractivity contribution in [1.29, 1.82) is 0 Å². The number of amides is 3. The van der Waals surface area contributed by atoms with Crippen LogP contribution in [-0.4, -0.2) is 41.0 Å². The molecule has 3 amide bonds. The maximum Gasteiger partial charge on any atom is 0.317 e. The Labute approximate surface area is 127 Å². The molecule has 0 spiro atoms. The molecule has 0 bridgehead atoms. The van der Waals surface area contributed by atoms with E-state index in [2.05, 4.69) is 15.6 Å². The summed E-state index contributed by atoms with van der Waals surface area (Å²) in [7, 11) is 0. The van der Waals surface area contributed by atoms with Gasteiger partial charge in [0.05, 0.1) is 5.92 Å². The van der Waals surface area contributed by atoms with E-state index in [9.17, 15) is 9.59 Å². The van der Waals surface area contributed by atoms with Crippen LogP contribution in [0, 0.1) is 12.8 Å². The molecule has 2 heterocycles. The van der Waals surface area contributed by atoms with Crippen molar-refractivity contribution in [3.8, 4) is 0 Å². The maximum atomic E-state index is 12.3. The summed E-state index contributed by atoms with van der Waals surface area (Å²) in [6, 6.07) is 0.324. The second-order valence-corrected chi connectivity index (χ2v) is 7.01. The van der Waals surface area contributed by atoms with Crippen LogP contribution in [-0.2, 0) is 4.79 Å². The lowest BCUT2D eigenvalue weighted by molar-refractivity contribution is -0.121. The van der Waals surface area contributed by atoms with Crippen molar-refractivity contribution < 1.29 is 9.59 Å². The summed E-state index contributed by atoms with van der Waals surface area (Å²) in [6.07, 6.45) is 5.59. The molecule has 114 valence electrons. The number of hydrogen-bond acceptors (Lipinski definition) is 4. The minimum absolute atomic E-state index is 0.0277. The fourth-order valence-electron chi connectivity index (χ4n) is 2.49. The predicted molar refractivity (Wildman–Crippen MR) is 81.3 cm³/mol. The lowest BCUT2D eigenvalue weighted by Gasteiger charge is -2.31.